The number of anilines is 1. The van der Waals surface area contributed by atoms with E-state index >= 15 is 0 Å². The predicted octanol–water partition coefficient (Wildman–Crippen LogP) is 5.56. The molecule has 1 amide bonds. The lowest BCUT2D eigenvalue weighted by Crippen LogP contribution is -2.63. The van der Waals surface area contributed by atoms with Gasteiger partial charge in [-0.25, -0.2) is 0 Å². The van der Waals surface area contributed by atoms with E-state index in [1.54, 1.807) is 30.3 Å². The van der Waals surface area contributed by atoms with Gasteiger partial charge in [0.2, 0.25) is 5.91 Å². The summed E-state index contributed by atoms with van der Waals surface area (Å²) >= 11 is 7.46. The Morgan fingerprint density at radius 1 is 0.881 bits per heavy atom. The van der Waals surface area contributed by atoms with Gasteiger partial charge in [0.15, 0.2) is 30.4 Å². The third-order valence-electron chi connectivity index (χ3n) is 9.39. The van der Waals surface area contributed by atoms with E-state index in [0.717, 1.165) is 38.7 Å². The number of hydrogen-bond acceptors (Lipinski definition) is 17. The van der Waals surface area contributed by atoms with Gasteiger partial charge in [0.25, 0.3) is 0 Å². The second-order valence-electron chi connectivity index (χ2n) is 14.2. The highest BCUT2D eigenvalue weighted by Crippen LogP contribution is 2.37. The van der Waals surface area contributed by atoms with Crippen LogP contribution in [0.1, 0.15) is 66.5 Å². The van der Waals surface area contributed by atoms with Crippen LogP contribution < -0.4 is 14.8 Å². The quantitative estimate of drug-likeness (QED) is 0.0945. The van der Waals surface area contributed by atoms with Gasteiger partial charge in [0.05, 0.1) is 22.4 Å². The van der Waals surface area contributed by atoms with Gasteiger partial charge in [-0.2, -0.15) is 0 Å². The second-order valence-corrected chi connectivity index (χ2v) is 16.0. The van der Waals surface area contributed by atoms with Crippen molar-refractivity contribution in [3.8, 4) is 22.1 Å². The van der Waals surface area contributed by atoms with Crippen molar-refractivity contribution in [2.75, 3.05) is 38.2 Å². The smallest absolute Gasteiger partial charge is 0.303 e. The van der Waals surface area contributed by atoms with Crippen molar-refractivity contribution in [2.45, 2.75) is 104 Å². The summed E-state index contributed by atoms with van der Waals surface area (Å²) in [6, 6.07) is 10.9. The molecular weight excluding hydrogens is 814 g/mol. The standard InChI is InChI=1S/C40H50ClN3O14S/c1-22(2)44-15-13-27(14-16-44)39(49)42-35-29(9-7-10-30(35)53-20-28-19-31(58-43-28)33-11-12-34(41)59-33)50-17-8-18-51-40-38(56-26(6)48)37(55-25(5)47)36(54-24(4)46)32(57-40)21-52-23(3)45/h7,9-12,19,22,27,32,36-38,40H,8,13-18,20-21H2,1-6H3,(H,42,49)/t32-,36-,37+,38-,40-/m1/s1. The van der Waals surface area contributed by atoms with Crippen LogP contribution >= 0.6 is 22.9 Å². The van der Waals surface area contributed by atoms with Crippen molar-refractivity contribution in [1.29, 1.82) is 0 Å². The van der Waals surface area contributed by atoms with Crippen molar-refractivity contribution in [1.82, 2.24) is 10.1 Å². The molecule has 5 rings (SSSR count). The average molecular weight is 864 g/mol. The first-order chi connectivity index (χ1) is 28.2. The summed E-state index contributed by atoms with van der Waals surface area (Å²) < 4.78 is 52.0. The monoisotopic (exact) mass is 863 g/mol. The zero-order valence-electron chi connectivity index (χ0n) is 33.8. The molecule has 4 heterocycles. The Bertz CT molecular complexity index is 1910. The number of hydrogen-bond donors (Lipinski definition) is 1. The second kappa shape index (κ2) is 21.5. The van der Waals surface area contributed by atoms with Crippen LogP contribution in [0.3, 0.4) is 0 Å². The normalized spacial score (nSPS) is 21.1. The Hall–Kier alpha value is -4.75. The molecule has 2 aliphatic heterocycles. The summed E-state index contributed by atoms with van der Waals surface area (Å²) in [4.78, 5) is 64.9. The van der Waals surface area contributed by atoms with E-state index in [2.05, 4.69) is 29.2 Å². The highest BCUT2D eigenvalue weighted by molar-refractivity contribution is 7.19. The molecule has 2 fully saturated rings. The Labute approximate surface area is 350 Å². The summed E-state index contributed by atoms with van der Waals surface area (Å²) in [5.74, 6) is -1.99. The van der Waals surface area contributed by atoms with Gasteiger partial charge in [0, 0.05) is 52.1 Å². The number of likely N-dealkylation sites (tertiary alicyclic amines) is 1. The summed E-state index contributed by atoms with van der Waals surface area (Å²) in [6.07, 6.45) is -4.85. The predicted molar refractivity (Wildman–Crippen MR) is 212 cm³/mol. The fourth-order valence-electron chi connectivity index (χ4n) is 6.64. The van der Waals surface area contributed by atoms with E-state index in [-0.39, 0.29) is 44.7 Å². The molecule has 0 radical (unpaired) electrons. The summed E-state index contributed by atoms with van der Waals surface area (Å²) in [5, 5.41) is 7.20. The van der Waals surface area contributed by atoms with Crippen molar-refractivity contribution >= 4 is 58.4 Å². The average Bonchev–Trinajstić information content (AvgIpc) is 3.84. The first-order valence-corrected chi connectivity index (χ1v) is 20.4. The van der Waals surface area contributed by atoms with Gasteiger partial charge in [-0.05, 0) is 64.0 Å². The van der Waals surface area contributed by atoms with Crippen molar-refractivity contribution in [3.05, 3.63) is 46.4 Å². The molecule has 17 nitrogen and oxygen atoms in total. The number of para-hydroxylation sites is 1. The van der Waals surface area contributed by atoms with Crippen LogP contribution in [0.4, 0.5) is 5.69 Å². The van der Waals surface area contributed by atoms with Crippen LogP contribution in [0.15, 0.2) is 40.9 Å². The van der Waals surface area contributed by atoms with Crippen LogP contribution in [0.25, 0.3) is 10.6 Å². The summed E-state index contributed by atoms with van der Waals surface area (Å²) in [5.41, 5.74) is 0.867. The number of benzene rings is 1. The van der Waals surface area contributed by atoms with E-state index in [0.29, 0.717) is 51.9 Å². The number of amides is 1. The molecular formula is C40H50ClN3O14S. The fraction of sp³-hybridized carbons (Fsp3) is 0.550. The zero-order chi connectivity index (χ0) is 42.6. The number of carbonyl (C=O) groups excluding carboxylic acids is 5. The Balaban J connectivity index is 1.28. The minimum absolute atomic E-state index is 0.0238. The minimum atomic E-state index is -1.36. The number of thiophene rings is 1. The van der Waals surface area contributed by atoms with Crippen LogP contribution in [0.5, 0.6) is 11.5 Å². The molecule has 2 aromatic heterocycles. The van der Waals surface area contributed by atoms with Crippen LogP contribution in [-0.2, 0) is 59.0 Å². The zero-order valence-corrected chi connectivity index (χ0v) is 35.3. The molecule has 0 spiro atoms. The minimum Gasteiger partial charge on any atom is -0.491 e. The van der Waals surface area contributed by atoms with Crippen LogP contribution in [-0.4, -0.2) is 109 Å². The molecule has 0 saturated carbocycles. The molecule has 0 aliphatic carbocycles. The SMILES string of the molecule is CC(=O)OC[C@H]1O[C@@H](OCCCOc2cccc(OCc3cc(-c4ccc(Cl)s4)on3)c2NC(=O)C2CCN(C(C)C)CC2)[C@H](OC(C)=O)[C@@H](OC(C)=O)[C@@H]1OC(C)=O. The highest BCUT2D eigenvalue weighted by Gasteiger charge is 2.52. The number of piperidine rings is 1. The maximum absolute atomic E-state index is 13.7. The molecule has 0 unspecified atom stereocenters. The molecule has 59 heavy (non-hydrogen) atoms. The lowest BCUT2D eigenvalue weighted by Gasteiger charge is -2.44. The lowest BCUT2D eigenvalue weighted by molar-refractivity contribution is -0.308. The maximum atomic E-state index is 13.7. The van der Waals surface area contributed by atoms with E-state index in [1.165, 1.54) is 18.3 Å². The molecule has 0 bridgehead atoms. The molecule has 2 saturated heterocycles. The molecule has 5 atom stereocenters. The van der Waals surface area contributed by atoms with Gasteiger partial charge in [0.1, 0.15) is 42.2 Å². The molecule has 3 aromatic rings. The molecule has 1 N–H and O–H groups in total. The lowest BCUT2D eigenvalue weighted by atomic mass is 9.95. The Morgan fingerprint density at radius 3 is 2.17 bits per heavy atom. The largest absolute Gasteiger partial charge is 0.491 e. The number of nitrogens with one attached hydrogen (secondary N) is 1. The third kappa shape index (κ3) is 13.1. The Morgan fingerprint density at radius 2 is 1.54 bits per heavy atom. The van der Waals surface area contributed by atoms with Crippen LogP contribution in [0.2, 0.25) is 4.34 Å². The maximum Gasteiger partial charge on any atom is 0.303 e. The molecule has 1 aromatic carbocycles. The van der Waals surface area contributed by atoms with Crippen molar-refractivity contribution < 1.29 is 66.4 Å². The van der Waals surface area contributed by atoms with Gasteiger partial charge < -0.3 is 52.6 Å². The van der Waals surface area contributed by atoms with E-state index < -0.39 is 54.6 Å². The van der Waals surface area contributed by atoms with Gasteiger partial charge in [-0.15, -0.1) is 11.3 Å². The topological polar surface area (TPSA) is 200 Å². The number of ether oxygens (including phenoxy) is 8. The third-order valence-corrected chi connectivity index (χ3v) is 10.6. The molecule has 19 heteroatoms. The van der Waals surface area contributed by atoms with Crippen molar-refractivity contribution in [3.63, 3.8) is 0 Å². The van der Waals surface area contributed by atoms with Crippen molar-refractivity contribution in [2.24, 2.45) is 5.92 Å². The van der Waals surface area contributed by atoms with Gasteiger partial charge in [-0.3, -0.25) is 24.0 Å². The first kappa shape index (κ1) is 45.3. The number of carbonyl (C=O) groups is 5. The number of rotatable bonds is 18. The number of halogens is 1. The van der Waals surface area contributed by atoms with E-state index in [1.807, 2.05) is 6.07 Å². The van der Waals surface area contributed by atoms with Crippen LogP contribution in [0, 0.1) is 5.92 Å². The molecule has 322 valence electrons. The van der Waals surface area contributed by atoms with Gasteiger partial charge in [-0.1, -0.05) is 22.8 Å². The number of nitrogens with zero attached hydrogens (tertiary/aromatic N) is 2. The number of esters is 4. The van der Waals surface area contributed by atoms with Gasteiger partial charge >= 0.3 is 23.9 Å². The fourth-order valence-corrected chi connectivity index (χ4v) is 7.63. The van der Waals surface area contributed by atoms with E-state index in [4.69, 9.17) is 54.0 Å². The first-order valence-electron chi connectivity index (χ1n) is 19.2. The number of aromatic nitrogens is 1. The Kier molecular flexibility index (Phi) is 16.5. The molecule has 2 aliphatic rings. The van der Waals surface area contributed by atoms with E-state index in [9.17, 15) is 24.0 Å². The summed E-state index contributed by atoms with van der Waals surface area (Å²) in [6.45, 7) is 10.2. The summed E-state index contributed by atoms with van der Waals surface area (Å²) in [7, 11) is 0. The highest BCUT2D eigenvalue weighted by atomic mass is 35.5.